The second-order valence-electron chi connectivity index (χ2n) is 4.21. The van der Waals surface area contributed by atoms with Crippen LogP contribution >= 0.6 is 0 Å². The van der Waals surface area contributed by atoms with Crippen LogP contribution in [0.4, 0.5) is 0 Å². The molecule has 0 saturated carbocycles. The summed E-state index contributed by atoms with van der Waals surface area (Å²) in [7, 11) is 0. The number of nitrogens with one attached hydrogen (secondary N) is 2. The first kappa shape index (κ1) is 14.4. The molecule has 108 valence electrons. The standard InChI is InChI=1S/C14H13N3O4/c1-9(18)16-12(11-5-3-7-21-11)14(20)17-13(19)10-4-2-6-15-8-10/h2-8,12H,1H3,(H,16,18)(H,17,19,20). The molecule has 3 amide bonds. The number of pyridine rings is 1. The Bertz CT molecular complexity index is 638. The van der Waals surface area contributed by atoms with Crippen molar-refractivity contribution in [2.24, 2.45) is 0 Å². The number of hydrogen-bond donors (Lipinski definition) is 2. The van der Waals surface area contributed by atoms with E-state index >= 15 is 0 Å². The maximum Gasteiger partial charge on any atom is 0.259 e. The first-order chi connectivity index (χ1) is 10.1. The molecule has 2 heterocycles. The van der Waals surface area contributed by atoms with Crippen molar-refractivity contribution in [3.05, 3.63) is 54.2 Å². The molecule has 2 N–H and O–H groups in total. The van der Waals surface area contributed by atoms with E-state index in [0.717, 1.165) is 0 Å². The largest absolute Gasteiger partial charge is 0.467 e. The Hall–Kier alpha value is -2.96. The van der Waals surface area contributed by atoms with Crippen molar-refractivity contribution in [3.63, 3.8) is 0 Å². The molecule has 21 heavy (non-hydrogen) atoms. The van der Waals surface area contributed by atoms with E-state index < -0.39 is 23.8 Å². The minimum Gasteiger partial charge on any atom is -0.467 e. The first-order valence-electron chi connectivity index (χ1n) is 6.13. The molecule has 0 fully saturated rings. The van der Waals surface area contributed by atoms with Gasteiger partial charge in [-0.1, -0.05) is 0 Å². The summed E-state index contributed by atoms with van der Waals surface area (Å²) in [5, 5.41) is 4.62. The number of furan rings is 1. The molecular weight excluding hydrogens is 274 g/mol. The molecule has 1 atom stereocenters. The van der Waals surface area contributed by atoms with Gasteiger partial charge in [-0.05, 0) is 24.3 Å². The Balaban J connectivity index is 2.12. The van der Waals surface area contributed by atoms with Crippen molar-refractivity contribution in [2.45, 2.75) is 13.0 Å². The van der Waals surface area contributed by atoms with Crippen molar-refractivity contribution in [3.8, 4) is 0 Å². The van der Waals surface area contributed by atoms with E-state index in [0.29, 0.717) is 0 Å². The summed E-state index contributed by atoms with van der Waals surface area (Å²) >= 11 is 0. The molecule has 0 bridgehead atoms. The van der Waals surface area contributed by atoms with Crippen LogP contribution in [0.1, 0.15) is 29.1 Å². The fourth-order valence-electron chi connectivity index (χ4n) is 1.68. The average Bonchev–Trinajstić information content (AvgIpc) is 2.99. The molecule has 0 spiro atoms. The van der Waals surface area contributed by atoms with E-state index in [1.54, 1.807) is 12.1 Å². The summed E-state index contributed by atoms with van der Waals surface area (Å²) in [5.41, 5.74) is 0.242. The lowest BCUT2D eigenvalue weighted by Gasteiger charge is -2.14. The van der Waals surface area contributed by atoms with Gasteiger partial charge in [0.1, 0.15) is 5.76 Å². The Morgan fingerprint density at radius 3 is 2.62 bits per heavy atom. The molecule has 7 nitrogen and oxygen atoms in total. The Morgan fingerprint density at radius 2 is 2.05 bits per heavy atom. The minimum atomic E-state index is -1.07. The summed E-state index contributed by atoms with van der Waals surface area (Å²) in [6.07, 6.45) is 4.23. The highest BCUT2D eigenvalue weighted by Crippen LogP contribution is 2.14. The third-order valence-electron chi connectivity index (χ3n) is 2.60. The normalized spacial score (nSPS) is 11.5. The van der Waals surface area contributed by atoms with Gasteiger partial charge < -0.3 is 9.73 Å². The Labute approximate surface area is 120 Å². The predicted octanol–water partition coefficient (Wildman–Crippen LogP) is 0.808. The fraction of sp³-hybridized carbons (Fsp3) is 0.143. The van der Waals surface area contributed by atoms with Gasteiger partial charge in [-0.3, -0.25) is 24.7 Å². The van der Waals surface area contributed by atoms with E-state index in [1.807, 2.05) is 0 Å². The maximum atomic E-state index is 12.1. The third-order valence-corrected chi connectivity index (χ3v) is 2.60. The highest BCUT2D eigenvalue weighted by molar-refractivity contribution is 6.06. The van der Waals surface area contributed by atoms with E-state index in [1.165, 1.54) is 37.7 Å². The number of amides is 3. The van der Waals surface area contributed by atoms with Crippen LogP contribution in [0.2, 0.25) is 0 Å². The molecule has 0 aliphatic carbocycles. The van der Waals surface area contributed by atoms with Gasteiger partial charge in [0, 0.05) is 19.3 Å². The molecule has 0 radical (unpaired) electrons. The van der Waals surface area contributed by atoms with E-state index in [9.17, 15) is 14.4 Å². The van der Waals surface area contributed by atoms with Crippen molar-refractivity contribution < 1.29 is 18.8 Å². The number of imide groups is 1. The van der Waals surface area contributed by atoms with Crippen LogP contribution in [0, 0.1) is 0 Å². The fourth-order valence-corrected chi connectivity index (χ4v) is 1.68. The topological polar surface area (TPSA) is 101 Å². The number of nitrogens with zero attached hydrogens (tertiary/aromatic N) is 1. The summed E-state index contributed by atoms with van der Waals surface area (Å²) in [6.45, 7) is 1.27. The lowest BCUT2D eigenvalue weighted by Crippen LogP contribution is -2.42. The van der Waals surface area contributed by atoms with E-state index in [4.69, 9.17) is 4.42 Å². The van der Waals surface area contributed by atoms with Crippen molar-refractivity contribution in [1.82, 2.24) is 15.6 Å². The van der Waals surface area contributed by atoms with Gasteiger partial charge in [-0.2, -0.15) is 0 Å². The molecule has 0 aliphatic rings. The lowest BCUT2D eigenvalue weighted by molar-refractivity contribution is -0.128. The van der Waals surface area contributed by atoms with Crippen LogP contribution in [0.5, 0.6) is 0 Å². The van der Waals surface area contributed by atoms with Crippen LogP contribution < -0.4 is 10.6 Å². The average molecular weight is 287 g/mol. The highest BCUT2D eigenvalue weighted by Gasteiger charge is 2.26. The smallest absolute Gasteiger partial charge is 0.259 e. The second-order valence-corrected chi connectivity index (χ2v) is 4.21. The molecule has 1 unspecified atom stereocenters. The van der Waals surface area contributed by atoms with Gasteiger partial charge in [-0.25, -0.2) is 0 Å². The second kappa shape index (κ2) is 6.47. The van der Waals surface area contributed by atoms with E-state index in [-0.39, 0.29) is 11.3 Å². The number of aromatic nitrogens is 1. The summed E-state index contributed by atoms with van der Waals surface area (Å²) in [6, 6.07) is 5.15. The predicted molar refractivity (Wildman–Crippen MR) is 72.0 cm³/mol. The minimum absolute atomic E-state index is 0.238. The molecule has 2 aromatic rings. The molecular formula is C14H13N3O4. The van der Waals surface area contributed by atoms with E-state index in [2.05, 4.69) is 15.6 Å². The van der Waals surface area contributed by atoms with Gasteiger partial charge in [0.15, 0.2) is 6.04 Å². The van der Waals surface area contributed by atoms with Crippen LogP contribution in [-0.2, 0) is 9.59 Å². The lowest BCUT2D eigenvalue weighted by atomic mass is 10.2. The van der Waals surface area contributed by atoms with Crippen molar-refractivity contribution in [2.75, 3.05) is 0 Å². The molecule has 0 aliphatic heterocycles. The number of carbonyl (C=O) groups is 3. The van der Waals surface area contributed by atoms with Gasteiger partial charge in [-0.15, -0.1) is 0 Å². The molecule has 2 rings (SSSR count). The molecule has 0 saturated heterocycles. The number of rotatable bonds is 4. The van der Waals surface area contributed by atoms with Crippen LogP contribution in [-0.4, -0.2) is 22.7 Å². The van der Waals surface area contributed by atoms with Crippen LogP contribution in [0.25, 0.3) is 0 Å². The van der Waals surface area contributed by atoms with Gasteiger partial charge >= 0.3 is 0 Å². The third kappa shape index (κ3) is 3.75. The first-order valence-corrected chi connectivity index (χ1v) is 6.13. The van der Waals surface area contributed by atoms with Gasteiger partial charge in [0.25, 0.3) is 11.8 Å². The molecule has 2 aromatic heterocycles. The monoisotopic (exact) mass is 287 g/mol. The summed E-state index contributed by atoms with van der Waals surface area (Å²) < 4.78 is 5.11. The molecule has 7 heteroatoms. The highest BCUT2D eigenvalue weighted by atomic mass is 16.3. The van der Waals surface area contributed by atoms with Crippen molar-refractivity contribution in [1.29, 1.82) is 0 Å². The summed E-state index contributed by atoms with van der Waals surface area (Å²) in [5.74, 6) is -1.47. The SMILES string of the molecule is CC(=O)NC(C(=O)NC(=O)c1cccnc1)c1ccco1. The summed E-state index contributed by atoms with van der Waals surface area (Å²) in [4.78, 5) is 39.0. The van der Waals surface area contributed by atoms with Gasteiger partial charge in [0.2, 0.25) is 5.91 Å². The zero-order valence-electron chi connectivity index (χ0n) is 11.2. The maximum absolute atomic E-state index is 12.1. The Morgan fingerprint density at radius 1 is 1.24 bits per heavy atom. The Kier molecular flexibility index (Phi) is 4.45. The molecule has 0 aromatic carbocycles. The zero-order valence-corrected chi connectivity index (χ0v) is 11.2. The quantitative estimate of drug-likeness (QED) is 0.866. The van der Waals surface area contributed by atoms with Crippen molar-refractivity contribution >= 4 is 17.7 Å². The van der Waals surface area contributed by atoms with Crippen LogP contribution in [0.3, 0.4) is 0 Å². The number of hydrogen-bond acceptors (Lipinski definition) is 5. The zero-order chi connectivity index (χ0) is 15.2. The van der Waals surface area contributed by atoms with Crippen LogP contribution in [0.15, 0.2) is 47.3 Å². The van der Waals surface area contributed by atoms with Gasteiger partial charge in [0.05, 0.1) is 11.8 Å². The number of carbonyl (C=O) groups excluding carboxylic acids is 3.